The van der Waals surface area contributed by atoms with Crippen molar-refractivity contribution < 1.29 is 4.74 Å². The number of ether oxygens (including phenoxy) is 1. The van der Waals surface area contributed by atoms with E-state index in [9.17, 15) is 0 Å². The summed E-state index contributed by atoms with van der Waals surface area (Å²) in [5, 5.41) is 4.84. The smallest absolute Gasteiger partial charge is 0.139 e. The summed E-state index contributed by atoms with van der Waals surface area (Å²) in [6.45, 7) is 12.2. The molecule has 2 atom stereocenters. The summed E-state index contributed by atoms with van der Waals surface area (Å²) in [7, 11) is 0. The van der Waals surface area contributed by atoms with Crippen molar-refractivity contribution in [3.8, 4) is 5.75 Å². The first-order valence-electron chi connectivity index (χ1n) is 7.27. The zero-order valence-corrected chi connectivity index (χ0v) is 14.5. The van der Waals surface area contributed by atoms with Crippen molar-refractivity contribution in [2.75, 3.05) is 13.2 Å². The molecule has 0 saturated heterocycles. The molecule has 0 aromatic heterocycles. The van der Waals surface area contributed by atoms with Gasteiger partial charge in [-0.25, -0.2) is 0 Å². The summed E-state index contributed by atoms with van der Waals surface area (Å²) < 4.78 is 5.48. The number of nitrogens with one attached hydrogen (secondary N) is 1. The van der Waals surface area contributed by atoms with Gasteiger partial charge in [-0.1, -0.05) is 50.9 Å². The first-order valence-corrected chi connectivity index (χ1v) is 8.03. The second kappa shape index (κ2) is 8.11. The molecule has 1 aromatic carbocycles. The fourth-order valence-electron chi connectivity index (χ4n) is 2.23. The molecule has 4 heteroatoms. The van der Waals surface area contributed by atoms with Crippen molar-refractivity contribution in [1.29, 1.82) is 0 Å². The van der Waals surface area contributed by atoms with E-state index < -0.39 is 0 Å². The Morgan fingerprint density at radius 3 is 2.25 bits per heavy atom. The van der Waals surface area contributed by atoms with Gasteiger partial charge in [0.25, 0.3) is 0 Å². The highest BCUT2D eigenvalue weighted by atomic mass is 35.5. The Morgan fingerprint density at radius 1 is 1.10 bits per heavy atom. The van der Waals surface area contributed by atoms with Gasteiger partial charge >= 0.3 is 0 Å². The minimum absolute atomic E-state index is 0.195. The van der Waals surface area contributed by atoms with E-state index in [1.807, 2.05) is 19.1 Å². The topological polar surface area (TPSA) is 21.3 Å². The van der Waals surface area contributed by atoms with Crippen LogP contribution < -0.4 is 10.1 Å². The van der Waals surface area contributed by atoms with Crippen LogP contribution in [0.3, 0.4) is 0 Å². The van der Waals surface area contributed by atoms with E-state index in [1.165, 1.54) is 0 Å². The van der Waals surface area contributed by atoms with E-state index in [0.29, 0.717) is 34.2 Å². The molecule has 20 heavy (non-hydrogen) atoms. The van der Waals surface area contributed by atoms with Crippen LogP contribution in [0.4, 0.5) is 0 Å². The molecule has 1 rings (SSSR count). The van der Waals surface area contributed by atoms with Crippen molar-refractivity contribution in [3.63, 3.8) is 0 Å². The van der Waals surface area contributed by atoms with Gasteiger partial charge in [0.15, 0.2) is 0 Å². The van der Waals surface area contributed by atoms with E-state index in [0.717, 1.165) is 12.1 Å². The largest absolute Gasteiger partial charge is 0.492 e. The molecule has 0 aliphatic heterocycles. The lowest BCUT2D eigenvalue weighted by Gasteiger charge is -2.29. The maximum absolute atomic E-state index is 6.44. The molecule has 0 heterocycles. The highest BCUT2D eigenvalue weighted by molar-refractivity contribution is 6.34. The fourth-order valence-corrected chi connectivity index (χ4v) is 2.73. The van der Waals surface area contributed by atoms with Crippen molar-refractivity contribution in [2.24, 2.45) is 11.8 Å². The Hall–Kier alpha value is -0.440. The van der Waals surface area contributed by atoms with Crippen LogP contribution in [-0.4, -0.2) is 13.2 Å². The van der Waals surface area contributed by atoms with Crippen LogP contribution >= 0.6 is 23.2 Å². The van der Waals surface area contributed by atoms with Crippen LogP contribution in [-0.2, 0) is 0 Å². The first kappa shape index (κ1) is 17.6. The molecule has 0 spiro atoms. The molecular weight excluding hydrogens is 293 g/mol. The average Bonchev–Trinajstić information content (AvgIpc) is 2.39. The molecule has 1 N–H and O–H groups in total. The third kappa shape index (κ3) is 4.28. The molecule has 0 amide bonds. The molecule has 2 nitrogen and oxygen atoms in total. The van der Waals surface area contributed by atoms with E-state index in [1.54, 1.807) is 0 Å². The molecule has 0 radical (unpaired) electrons. The van der Waals surface area contributed by atoms with Gasteiger partial charge < -0.3 is 10.1 Å². The lowest BCUT2D eigenvalue weighted by atomic mass is 9.86. The predicted molar refractivity (Wildman–Crippen MR) is 88.1 cm³/mol. The van der Waals surface area contributed by atoms with Crippen LogP contribution in [0.1, 0.15) is 46.2 Å². The minimum atomic E-state index is 0.195. The van der Waals surface area contributed by atoms with Gasteiger partial charge in [-0.2, -0.15) is 0 Å². The van der Waals surface area contributed by atoms with Gasteiger partial charge in [0.1, 0.15) is 5.75 Å². The average molecular weight is 318 g/mol. The highest BCUT2D eigenvalue weighted by Gasteiger charge is 2.24. The van der Waals surface area contributed by atoms with E-state index in [-0.39, 0.29) is 6.04 Å². The van der Waals surface area contributed by atoms with E-state index in [2.05, 4.69) is 33.0 Å². The molecule has 0 bridgehead atoms. The number of hydrogen-bond acceptors (Lipinski definition) is 2. The van der Waals surface area contributed by atoms with Crippen molar-refractivity contribution in [3.05, 3.63) is 27.7 Å². The van der Waals surface area contributed by atoms with Crippen LogP contribution in [0.15, 0.2) is 12.1 Å². The third-order valence-corrected chi connectivity index (χ3v) is 4.31. The molecule has 114 valence electrons. The molecule has 1 aromatic rings. The Balaban J connectivity index is 3.17. The molecule has 0 saturated carbocycles. The number of rotatable bonds is 7. The summed E-state index contributed by atoms with van der Waals surface area (Å²) in [4.78, 5) is 0. The van der Waals surface area contributed by atoms with Gasteiger partial charge in [0.05, 0.1) is 11.6 Å². The van der Waals surface area contributed by atoms with Crippen molar-refractivity contribution in [2.45, 2.75) is 40.7 Å². The Bertz CT molecular complexity index is 435. The third-order valence-electron chi connectivity index (χ3n) is 3.69. The zero-order chi connectivity index (χ0) is 15.3. The maximum atomic E-state index is 6.44. The summed E-state index contributed by atoms with van der Waals surface area (Å²) in [5.74, 6) is 1.66. The van der Waals surface area contributed by atoms with Gasteiger partial charge in [-0.15, -0.1) is 0 Å². The Kier molecular flexibility index (Phi) is 7.14. The zero-order valence-electron chi connectivity index (χ0n) is 13.0. The van der Waals surface area contributed by atoms with Crippen LogP contribution in [0.5, 0.6) is 5.75 Å². The minimum Gasteiger partial charge on any atom is -0.492 e. The van der Waals surface area contributed by atoms with Gasteiger partial charge in [-0.05, 0) is 36.9 Å². The monoisotopic (exact) mass is 317 g/mol. The quantitative estimate of drug-likeness (QED) is 0.733. The van der Waals surface area contributed by atoms with Crippen molar-refractivity contribution in [1.82, 2.24) is 5.32 Å². The number of hydrogen-bond donors (Lipinski definition) is 1. The van der Waals surface area contributed by atoms with E-state index >= 15 is 0 Å². The number of halogens is 2. The normalized spacial score (nSPS) is 14.4. The lowest BCUT2D eigenvalue weighted by Crippen LogP contribution is -2.29. The summed E-state index contributed by atoms with van der Waals surface area (Å²) in [6, 6.07) is 3.95. The molecule has 0 aliphatic carbocycles. The van der Waals surface area contributed by atoms with Crippen molar-refractivity contribution >= 4 is 23.2 Å². The maximum Gasteiger partial charge on any atom is 0.139 e. The fraction of sp³-hybridized carbons (Fsp3) is 0.625. The van der Waals surface area contributed by atoms with E-state index in [4.69, 9.17) is 27.9 Å². The second-order valence-corrected chi connectivity index (χ2v) is 6.19. The summed E-state index contributed by atoms with van der Waals surface area (Å²) in [5.41, 5.74) is 1.04. The number of benzene rings is 1. The molecule has 0 fully saturated rings. The van der Waals surface area contributed by atoms with Gasteiger partial charge in [0, 0.05) is 17.1 Å². The summed E-state index contributed by atoms with van der Waals surface area (Å²) in [6.07, 6.45) is 0. The van der Waals surface area contributed by atoms with Crippen LogP contribution in [0, 0.1) is 11.8 Å². The van der Waals surface area contributed by atoms with Gasteiger partial charge in [-0.3, -0.25) is 0 Å². The highest BCUT2D eigenvalue weighted by Crippen LogP contribution is 2.38. The second-order valence-electron chi connectivity index (χ2n) is 5.38. The Morgan fingerprint density at radius 2 is 1.75 bits per heavy atom. The molecule has 0 aliphatic rings. The SMILES string of the molecule is CCNC(c1cc(Cl)c(OCC)cc1Cl)C(C)C(C)C. The molecular formula is C16H25Cl2NO. The standard InChI is InChI=1S/C16H25Cl2NO/c1-6-19-16(11(5)10(3)4)12-8-14(18)15(20-7-2)9-13(12)17/h8-11,16,19H,6-7H2,1-5H3. The lowest BCUT2D eigenvalue weighted by molar-refractivity contribution is 0.306. The van der Waals surface area contributed by atoms with Crippen LogP contribution in [0.2, 0.25) is 10.0 Å². The summed E-state index contributed by atoms with van der Waals surface area (Å²) >= 11 is 12.7. The molecule has 2 unspecified atom stereocenters. The van der Waals surface area contributed by atoms with Crippen LogP contribution in [0.25, 0.3) is 0 Å². The van der Waals surface area contributed by atoms with Gasteiger partial charge in [0.2, 0.25) is 0 Å². The Labute approximate surface area is 132 Å². The first-order chi connectivity index (χ1) is 9.42. The predicted octanol–water partition coefficient (Wildman–Crippen LogP) is 5.33.